The van der Waals surface area contributed by atoms with Crippen LogP contribution in [0.5, 0.6) is 0 Å². The van der Waals surface area contributed by atoms with Crippen molar-refractivity contribution in [1.82, 2.24) is 15.5 Å². The number of thiocarbonyl (C=S) groups is 1. The molecule has 0 bridgehead atoms. The highest BCUT2D eigenvalue weighted by Gasteiger charge is 2.15. The first kappa shape index (κ1) is 20.1. The number of carbonyl (C=O) groups excluding carboxylic acids is 1. The lowest BCUT2D eigenvalue weighted by atomic mass is 10.1. The van der Waals surface area contributed by atoms with E-state index in [2.05, 4.69) is 22.5 Å². The number of amides is 1. The zero-order valence-electron chi connectivity index (χ0n) is 14.4. The van der Waals surface area contributed by atoms with E-state index in [1.807, 2.05) is 0 Å². The summed E-state index contributed by atoms with van der Waals surface area (Å²) in [6.07, 6.45) is 4.29. The van der Waals surface area contributed by atoms with Crippen LogP contribution in [0.25, 0.3) is 0 Å². The van der Waals surface area contributed by atoms with Crippen LogP contribution in [-0.4, -0.2) is 68.0 Å². The Balaban J connectivity index is 2.08. The van der Waals surface area contributed by atoms with Gasteiger partial charge in [-0.25, -0.2) is 4.79 Å². The van der Waals surface area contributed by atoms with Gasteiger partial charge in [0.05, 0.1) is 17.7 Å². The van der Waals surface area contributed by atoms with E-state index < -0.39 is 0 Å². The van der Waals surface area contributed by atoms with Gasteiger partial charge in [-0.2, -0.15) is 0 Å². The third-order valence-corrected chi connectivity index (χ3v) is 4.17. The van der Waals surface area contributed by atoms with Crippen LogP contribution in [0.15, 0.2) is 0 Å². The van der Waals surface area contributed by atoms with Crippen molar-refractivity contribution in [2.45, 2.75) is 45.6 Å². The molecule has 2 N–H and O–H groups in total. The van der Waals surface area contributed by atoms with Crippen molar-refractivity contribution in [2.75, 3.05) is 45.9 Å². The summed E-state index contributed by atoms with van der Waals surface area (Å²) >= 11 is 5.39. The molecule has 0 aromatic rings. The molecular weight excluding hydrogens is 314 g/mol. The Morgan fingerprint density at radius 1 is 1.26 bits per heavy atom. The predicted molar refractivity (Wildman–Crippen MR) is 95.9 cm³/mol. The first-order valence-corrected chi connectivity index (χ1v) is 9.07. The summed E-state index contributed by atoms with van der Waals surface area (Å²) in [6, 6.07) is 0. The minimum atomic E-state index is -0.352. The molecule has 1 unspecified atom stereocenters. The van der Waals surface area contributed by atoms with E-state index >= 15 is 0 Å². The zero-order chi connectivity index (χ0) is 16.9. The molecule has 1 aliphatic rings. The van der Waals surface area contributed by atoms with Crippen LogP contribution in [-0.2, 0) is 9.47 Å². The van der Waals surface area contributed by atoms with Crippen LogP contribution < -0.4 is 10.6 Å². The Labute approximate surface area is 145 Å². The Bertz CT molecular complexity index is 349. The number of ether oxygens (including phenoxy) is 2. The smallest absolute Gasteiger partial charge is 0.407 e. The second-order valence-corrected chi connectivity index (χ2v) is 6.12. The Morgan fingerprint density at radius 2 is 2.00 bits per heavy atom. The molecule has 0 spiro atoms. The van der Waals surface area contributed by atoms with Crippen LogP contribution in [0.4, 0.5) is 4.79 Å². The second kappa shape index (κ2) is 12.5. The van der Waals surface area contributed by atoms with Gasteiger partial charge in [-0.3, -0.25) is 0 Å². The molecule has 1 amide bonds. The largest absolute Gasteiger partial charge is 0.450 e. The third kappa shape index (κ3) is 9.73. The summed E-state index contributed by atoms with van der Waals surface area (Å²) < 4.78 is 10.5. The fourth-order valence-electron chi connectivity index (χ4n) is 2.53. The van der Waals surface area contributed by atoms with Gasteiger partial charge in [-0.15, -0.1) is 0 Å². The topological polar surface area (TPSA) is 62.8 Å². The van der Waals surface area contributed by atoms with Gasteiger partial charge in [-0.1, -0.05) is 19.1 Å². The highest BCUT2D eigenvalue weighted by atomic mass is 32.1. The summed E-state index contributed by atoms with van der Waals surface area (Å²) in [5.74, 6) is 0. The maximum Gasteiger partial charge on any atom is 0.407 e. The zero-order valence-corrected chi connectivity index (χ0v) is 15.3. The third-order valence-electron chi connectivity index (χ3n) is 3.86. The van der Waals surface area contributed by atoms with Gasteiger partial charge in [0, 0.05) is 39.2 Å². The van der Waals surface area contributed by atoms with E-state index in [9.17, 15) is 4.79 Å². The lowest BCUT2D eigenvalue weighted by Gasteiger charge is -2.24. The number of hydrogen-bond donors (Lipinski definition) is 2. The SMILES string of the molecule is CCOC(=O)NCCN(CC)CCNC(=S)CC1CCCCO1. The normalized spacial score (nSPS) is 17.8. The van der Waals surface area contributed by atoms with Crippen LogP contribution in [0.3, 0.4) is 0 Å². The molecule has 0 radical (unpaired) electrons. The van der Waals surface area contributed by atoms with E-state index in [0.29, 0.717) is 19.3 Å². The number of hydrogen-bond acceptors (Lipinski definition) is 5. The number of likely N-dealkylation sites (N-methyl/N-ethyl adjacent to an activating group) is 1. The van der Waals surface area contributed by atoms with E-state index in [4.69, 9.17) is 21.7 Å². The quantitative estimate of drug-likeness (QED) is 0.590. The molecular formula is C16H31N3O3S. The number of carbonyl (C=O) groups is 1. The lowest BCUT2D eigenvalue weighted by molar-refractivity contribution is 0.0210. The highest BCUT2D eigenvalue weighted by molar-refractivity contribution is 7.80. The number of alkyl carbamates (subject to hydrolysis) is 1. The molecule has 23 heavy (non-hydrogen) atoms. The number of rotatable bonds is 10. The van der Waals surface area contributed by atoms with Gasteiger partial charge in [0.25, 0.3) is 0 Å². The van der Waals surface area contributed by atoms with Gasteiger partial charge in [0.1, 0.15) is 0 Å². The average Bonchev–Trinajstić information content (AvgIpc) is 2.54. The molecule has 0 saturated carbocycles. The van der Waals surface area contributed by atoms with Crippen molar-refractivity contribution >= 4 is 23.3 Å². The number of nitrogens with zero attached hydrogens (tertiary/aromatic N) is 1. The van der Waals surface area contributed by atoms with E-state index in [-0.39, 0.29) is 6.09 Å². The maximum atomic E-state index is 11.2. The van der Waals surface area contributed by atoms with Gasteiger partial charge in [0.15, 0.2) is 0 Å². The Hall–Kier alpha value is -0.920. The molecule has 0 aliphatic carbocycles. The van der Waals surface area contributed by atoms with Gasteiger partial charge in [0.2, 0.25) is 0 Å². The van der Waals surface area contributed by atoms with Crippen molar-refractivity contribution in [3.8, 4) is 0 Å². The van der Waals surface area contributed by atoms with E-state index in [1.54, 1.807) is 6.92 Å². The van der Waals surface area contributed by atoms with Crippen molar-refractivity contribution in [3.05, 3.63) is 0 Å². The molecule has 134 valence electrons. The van der Waals surface area contributed by atoms with Crippen LogP contribution in [0, 0.1) is 0 Å². The predicted octanol–water partition coefficient (Wildman–Crippen LogP) is 1.93. The molecule has 1 saturated heterocycles. The molecule has 6 nitrogen and oxygen atoms in total. The van der Waals surface area contributed by atoms with E-state index in [0.717, 1.165) is 50.6 Å². The first-order valence-electron chi connectivity index (χ1n) is 8.67. The van der Waals surface area contributed by atoms with Crippen molar-refractivity contribution < 1.29 is 14.3 Å². The maximum absolute atomic E-state index is 11.2. The summed E-state index contributed by atoms with van der Waals surface area (Å²) in [5.41, 5.74) is 0. The minimum absolute atomic E-state index is 0.291. The van der Waals surface area contributed by atoms with Crippen molar-refractivity contribution in [2.24, 2.45) is 0 Å². The molecule has 7 heteroatoms. The Kier molecular flexibility index (Phi) is 10.9. The lowest BCUT2D eigenvalue weighted by Crippen LogP contribution is -2.40. The molecule has 0 aromatic carbocycles. The fourth-order valence-corrected chi connectivity index (χ4v) is 2.81. The molecule has 1 rings (SSSR count). The van der Waals surface area contributed by atoms with Gasteiger partial charge in [-0.05, 0) is 32.7 Å². The standard InChI is InChI=1S/C16H31N3O3S/c1-3-19(11-9-18-16(20)21-4-2)10-8-17-15(23)13-14-7-5-6-12-22-14/h14H,3-13H2,1-2H3,(H,17,23)(H,18,20). The van der Waals surface area contributed by atoms with Gasteiger partial charge >= 0.3 is 6.09 Å². The van der Waals surface area contributed by atoms with E-state index in [1.165, 1.54) is 12.8 Å². The highest BCUT2D eigenvalue weighted by Crippen LogP contribution is 2.15. The summed E-state index contributed by atoms with van der Waals surface area (Å²) in [4.78, 5) is 14.4. The summed E-state index contributed by atoms with van der Waals surface area (Å²) in [6.45, 7) is 9.21. The minimum Gasteiger partial charge on any atom is -0.450 e. The van der Waals surface area contributed by atoms with Crippen LogP contribution in [0.2, 0.25) is 0 Å². The van der Waals surface area contributed by atoms with Crippen LogP contribution in [0.1, 0.15) is 39.5 Å². The van der Waals surface area contributed by atoms with Crippen LogP contribution >= 0.6 is 12.2 Å². The first-order chi connectivity index (χ1) is 11.2. The average molecular weight is 346 g/mol. The molecule has 1 atom stereocenters. The molecule has 1 fully saturated rings. The van der Waals surface area contributed by atoms with Crippen molar-refractivity contribution in [1.29, 1.82) is 0 Å². The Morgan fingerprint density at radius 3 is 2.61 bits per heavy atom. The van der Waals surface area contributed by atoms with Crippen molar-refractivity contribution in [3.63, 3.8) is 0 Å². The molecule has 0 aromatic heterocycles. The monoisotopic (exact) mass is 345 g/mol. The molecule has 1 aliphatic heterocycles. The summed E-state index contributed by atoms with van der Waals surface area (Å²) in [7, 11) is 0. The summed E-state index contributed by atoms with van der Waals surface area (Å²) in [5, 5.41) is 6.05. The van der Waals surface area contributed by atoms with Gasteiger partial charge < -0.3 is 25.0 Å². The molecule has 1 heterocycles. The number of nitrogens with one attached hydrogen (secondary N) is 2. The fraction of sp³-hybridized carbons (Fsp3) is 0.875. The second-order valence-electron chi connectivity index (χ2n) is 5.62.